The Hall–Kier alpha value is -4.14. The summed E-state index contributed by atoms with van der Waals surface area (Å²) in [4.78, 5) is 38.8. The minimum Gasteiger partial charge on any atom is -0.461 e. The van der Waals surface area contributed by atoms with E-state index < -0.39 is 35.0 Å². The maximum atomic E-state index is 17.5. The summed E-state index contributed by atoms with van der Waals surface area (Å²) < 4.78 is 46.4. The van der Waals surface area contributed by atoms with Gasteiger partial charge in [-0.25, -0.2) is 18.3 Å². The summed E-state index contributed by atoms with van der Waals surface area (Å²) >= 11 is 7.10. The molecule has 1 spiro atoms. The highest BCUT2D eigenvalue weighted by atomic mass is 35.5. The number of fused-ring (bicyclic) bond motifs is 3. The Balaban J connectivity index is 1.19. The van der Waals surface area contributed by atoms with Crippen molar-refractivity contribution in [3.05, 3.63) is 40.3 Å². The second kappa shape index (κ2) is 12.5. The summed E-state index contributed by atoms with van der Waals surface area (Å²) in [5.74, 6) is -0.718. The van der Waals surface area contributed by atoms with Crippen LogP contribution in [-0.2, 0) is 9.53 Å². The predicted molar refractivity (Wildman–Crippen MR) is 191 cm³/mol. The Morgan fingerprint density at radius 2 is 1.92 bits per heavy atom. The number of amides is 3. The van der Waals surface area contributed by atoms with Crippen LogP contribution in [0.1, 0.15) is 68.7 Å². The van der Waals surface area contributed by atoms with E-state index in [1.54, 1.807) is 12.3 Å². The maximum Gasteiger partial charge on any atom is 0.322 e. The number of rotatable bonds is 6. The molecule has 7 heterocycles. The first kappa shape index (κ1) is 33.7. The Morgan fingerprint density at radius 1 is 1.08 bits per heavy atom. The number of ether oxygens (including phenoxy) is 2. The number of anilines is 1. The molecule has 0 bridgehead atoms. The van der Waals surface area contributed by atoms with E-state index in [2.05, 4.69) is 26.6 Å². The molecule has 5 aliphatic rings. The lowest BCUT2D eigenvalue weighted by atomic mass is 9.89. The third-order valence-electron chi connectivity index (χ3n) is 12.0. The number of hydrogen-bond acceptors (Lipinski definition) is 9. The number of hydrogen-bond donors (Lipinski definition) is 2. The second-order valence-electron chi connectivity index (χ2n) is 15.2. The SMILES string of the molecule is Cc1cc2c(cnn2C2CCCCO2)c(-c2c(Cl)cc3c(N4CCC[C@]5(C4)NC(=O)NC5=O)nc(OC[C@@]45CCCN4C[C@H](F)C5)nc3c2F)c1C. The largest absolute Gasteiger partial charge is 0.461 e. The van der Waals surface area contributed by atoms with Gasteiger partial charge in [0.25, 0.3) is 5.91 Å². The molecule has 274 valence electrons. The Morgan fingerprint density at radius 3 is 2.71 bits per heavy atom. The van der Waals surface area contributed by atoms with E-state index in [1.807, 2.05) is 23.4 Å². The summed E-state index contributed by atoms with van der Waals surface area (Å²) in [5, 5.41) is 11.1. The molecule has 12 nitrogen and oxygen atoms in total. The van der Waals surface area contributed by atoms with Gasteiger partial charge in [-0.2, -0.15) is 15.1 Å². The van der Waals surface area contributed by atoms with Gasteiger partial charge >= 0.3 is 12.0 Å². The molecule has 3 amide bonds. The monoisotopic (exact) mass is 734 g/mol. The Labute approximate surface area is 304 Å². The van der Waals surface area contributed by atoms with Crippen LogP contribution in [0.2, 0.25) is 5.02 Å². The third-order valence-corrected chi connectivity index (χ3v) is 12.3. The van der Waals surface area contributed by atoms with E-state index in [0.29, 0.717) is 55.7 Å². The fourth-order valence-corrected chi connectivity index (χ4v) is 9.57. The number of halogens is 3. The van der Waals surface area contributed by atoms with Gasteiger partial charge in [0, 0.05) is 48.0 Å². The molecule has 0 saturated carbocycles. The van der Waals surface area contributed by atoms with Crippen LogP contribution in [0, 0.1) is 19.7 Å². The van der Waals surface area contributed by atoms with Crippen LogP contribution >= 0.6 is 11.6 Å². The van der Waals surface area contributed by atoms with Crippen molar-refractivity contribution < 1.29 is 27.8 Å². The van der Waals surface area contributed by atoms with Crippen molar-refractivity contribution in [2.75, 3.05) is 44.3 Å². The fourth-order valence-electron chi connectivity index (χ4n) is 9.28. The smallest absolute Gasteiger partial charge is 0.322 e. The van der Waals surface area contributed by atoms with Gasteiger partial charge in [0.15, 0.2) is 12.0 Å². The van der Waals surface area contributed by atoms with E-state index in [4.69, 9.17) is 31.2 Å². The van der Waals surface area contributed by atoms with Crippen LogP contribution in [0.15, 0.2) is 18.3 Å². The standard InChI is InChI=1S/C37H41ClF2N8O4/c1-20-13-26-24(16-41-48(26)27-7-3-4-12-51-27)28(21(20)2)29-25(38)14-23-31(30(29)40)42-35(52-19-36-8-5-11-47(36)17-22(39)15-36)43-32(23)46-10-6-9-37(18-46)33(49)44-34(50)45-37/h13-14,16,22,27H,3-12,15,17-19H2,1-2H3,(H2,44,45,49,50)/t22-,27?,36+,37-/m1/s1. The highest BCUT2D eigenvalue weighted by Crippen LogP contribution is 2.45. The Bertz CT molecular complexity index is 2140. The predicted octanol–water partition coefficient (Wildman–Crippen LogP) is 5.89. The number of piperidine rings is 1. The van der Waals surface area contributed by atoms with Crippen molar-refractivity contribution in [2.24, 2.45) is 0 Å². The first-order valence-electron chi connectivity index (χ1n) is 18.3. The molecule has 0 aliphatic carbocycles. The number of imide groups is 1. The van der Waals surface area contributed by atoms with E-state index in [9.17, 15) is 14.0 Å². The Kier molecular flexibility index (Phi) is 8.08. The molecule has 9 rings (SSSR count). The van der Waals surface area contributed by atoms with E-state index in [1.165, 1.54) is 0 Å². The number of aromatic nitrogens is 4. The molecule has 5 fully saturated rings. The quantitative estimate of drug-likeness (QED) is 0.233. The maximum absolute atomic E-state index is 17.5. The number of urea groups is 1. The molecule has 1 unspecified atom stereocenters. The fraction of sp³-hybridized carbons (Fsp3) is 0.541. The molecule has 5 saturated heterocycles. The number of nitrogens with zero attached hydrogens (tertiary/aromatic N) is 6. The van der Waals surface area contributed by atoms with Gasteiger partial charge in [0.1, 0.15) is 29.7 Å². The van der Waals surface area contributed by atoms with Gasteiger partial charge in [-0.05, 0) is 88.6 Å². The average Bonchev–Trinajstić information content (AvgIpc) is 3.86. The molecule has 5 aliphatic heterocycles. The zero-order valence-electron chi connectivity index (χ0n) is 29.2. The third kappa shape index (κ3) is 5.31. The lowest BCUT2D eigenvalue weighted by molar-refractivity contribution is -0.124. The molecule has 4 aromatic rings. The summed E-state index contributed by atoms with van der Waals surface area (Å²) in [6, 6.07) is 3.13. The summed E-state index contributed by atoms with van der Waals surface area (Å²) in [7, 11) is 0. The molecule has 4 atom stereocenters. The van der Waals surface area contributed by atoms with Crippen LogP contribution in [0.25, 0.3) is 32.9 Å². The molecular formula is C37H41ClF2N8O4. The number of nitrogens with one attached hydrogen (secondary N) is 2. The molecule has 15 heteroatoms. The molecule has 0 radical (unpaired) electrons. The van der Waals surface area contributed by atoms with Crippen LogP contribution in [0.4, 0.5) is 19.4 Å². The van der Waals surface area contributed by atoms with Gasteiger partial charge in [0.05, 0.1) is 28.8 Å². The minimum absolute atomic E-state index is 0.00608. The van der Waals surface area contributed by atoms with Gasteiger partial charge in [-0.1, -0.05) is 11.6 Å². The lowest BCUT2D eigenvalue weighted by Gasteiger charge is -2.39. The van der Waals surface area contributed by atoms with E-state index in [0.717, 1.165) is 60.7 Å². The van der Waals surface area contributed by atoms with Crippen molar-refractivity contribution in [1.82, 2.24) is 35.3 Å². The molecule has 2 aromatic carbocycles. The van der Waals surface area contributed by atoms with Crippen LogP contribution < -0.4 is 20.3 Å². The van der Waals surface area contributed by atoms with Crippen LogP contribution in [0.3, 0.4) is 0 Å². The molecular weight excluding hydrogens is 694 g/mol. The highest BCUT2D eigenvalue weighted by molar-refractivity contribution is 6.35. The second-order valence-corrected chi connectivity index (χ2v) is 15.6. The molecule has 52 heavy (non-hydrogen) atoms. The van der Waals surface area contributed by atoms with Crippen molar-refractivity contribution in [3.8, 4) is 17.1 Å². The average molecular weight is 735 g/mol. The van der Waals surface area contributed by atoms with E-state index in [-0.39, 0.29) is 41.5 Å². The van der Waals surface area contributed by atoms with Gasteiger partial charge < -0.3 is 19.7 Å². The summed E-state index contributed by atoms with van der Waals surface area (Å²) in [5.41, 5.74) is 1.80. The van der Waals surface area contributed by atoms with Crippen molar-refractivity contribution in [3.63, 3.8) is 0 Å². The zero-order chi connectivity index (χ0) is 35.9. The van der Waals surface area contributed by atoms with Crippen molar-refractivity contribution in [1.29, 1.82) is 0 Å². The first-order chi connectivity index (χ1) is 25.1. The lowest BCUT2D eigenvalue weighted by Crippen LogP contribution is -2.58. The zero-order valence-corrected chi connectivity index (χ0v) is 30.0. The summed E-state index contributed by atoms with van der Waals surface area (Å²) in [6.45, 7) is 6.49. The number of carbonyl (C=O) groups is 2. The topological polar surface area (TPSA) is 127 Å². The normalized spacial score (nSPS) is 27.9. The van der Waals surface area contributed by atoms with Gasteiger partial charge in [0.2, 0.25) is 0 Å². The molecule has 2 aromatic heterocycles. The number of carbonyl (C=O) groups excluding carboxylic acids is 2. The number of benzene rings is 2. The van der Waals surface area contributed by atoms with Crippen LogP contribution in [-0.4, -0.2) is 93.2 Å². The first-order valence-corrected chi connectivity index (χ1v) is 18.6. The van der Waals surface area contributed by atoms with Gasteiger partial charge in [-0.3, -0.25) is 15.0 Å². The van der Waals surface area contributed by atoms with Crippen molar-refractivity contribution >= 4 is 51.2 Å². The van der Waals surface area contributed by atoms with Gasteiger partial charge in [-0.15, -0.1) is 0 Å². The molecule has 2 N–H and O–H groups in total. The minimum atomic E-state index is -1.16. The highest BCUT2D eigenvalue weighted by Gasteiger charge is 2.51. The van der Waals surface area contributed by atoms with Crippen LogP contribution in [0.5, 0.6) is 6.01 Å². The van der Waals surface area contributed by atoms with E-state index >= 15 is 4.39 Å². The van der Waals surface area contributed by atoms with Crippen molar-refractivity contribution in [2.45, 2.75) is 88.7 Å². The number of aryl methyl sites for hydroxylation is 1. The number of alkyl halides is 1. The summed E-state index contributed by atoms with van der Waals surface area (Å²) in [6.07, 6.45) is 6.54.